The summed E-state index contributed by atoms with van der Waals surface area (Å²) >= 11 is 0. The molecule has 0 saturated carbocycles. The first-order valence-electron chi connectivity index (χ1n) is 7.26. The van der Waals surface area contributed by atoms with Crippen LogP contribution in [0.2, 0.25) is 0 Å². The van der Waals surface area contributed by atoms with Crippen LogP contribution in [0.15, 0.2) is 61.2 Å². The van der Waals surface area contributed by atoms with Gasteiger partial charge in [-0.15, -0.1) is 0 Å². The summed E-state index contributed by atoms with van der Waals surface area (Å²) < 4.78 is 0. The zero-order valence-electron chi connectivity index (χ0n) is 13.0. The van der Waals surface area contributed by atoms with Crippen molar-refractivity contribution in [2.24, 2.45) is 0 Å². The first-order valence-corrected chi connectivity index (χ1v) is 7.26. The molecule has 0 fully saturated rings. The molecular formula is C20H18O3. The minimum Gasteiger partial charge on any atom is -0.508 e. The van der Waals surface area contributed by atoms with E-state index >= 15 is 0 Å². The highest BCUT2D eigenvalue weighted by atomic mass is 16.3. The number of benzene rings is 2. The Morgan fingerprint density at radius 1 is 1.09 bits per heavy atom. The Bertz CT molecular complexity index is 768. The Labute approximate surface area is 135 Å². The maximum Gasteiger partial charge on any atom is 0.163 e. The van der Waals surface area contributed by atoms with Crippen LogP contribution in [0.4, 0.5) is 0 Å². The number of phenolic OH excluding ortho intramolecular Hbond substituents is 1. The van der Waals surface area contributed by atoms with E-state index in [9.17, 15) is 14.7 Å². The van der Waals surface area contributed by atoms with Crippen molar-refractivity contribution in [3.63, 3.8) is 0 Å². The van der Waals surface area contributed by atoms with Crippen LogP contribution in [0.25, 0.3) is 17.2 Å². The number of aromatic hydroxyl groups is 1. The number of hydrogen-bond donors (Lipinski definition) is 1. The molecule has 0 spiro atoms. The lowest BCUT2D eigenvalue weighted by Gasteiger charge is -2.09. The summed E-state index contributed by atoms with van der Waals surface area (Å²) in [5.74, 6) is -0.307. The Kier molecular flexibility index (Phi) is 5.26. The van der Waals surface area contributed by atoms with Gasteiger partial charge >= 0.3 is 0 Å². The van der Waals surface area contributed by atoms with Crippen molar-refractivity contribution < 1.29 is 14.7 Å². The van der Waals surface area contributed by atoms with Gasteiger partial charge in [-0.05, 0) is 53.5 Å². The van der Waals surface area contributed by atoms with Crippen molar-refractivity contribution in [3.05, 3.63) is 72.3 Å². The fourth-order valence-electron chi connectivity index (χ4n) is 2.27. The molecule has 3 nitrogen and oxygen atoms in total. The van der Waals surface area contributed by atoms with Crippen molar-refractivity contribution in [2.45, 2.75) is 13.3 Å². The van der Waals surface area contributed by atoms with Crippen LogP contribution in [0.1, 0.15) is 17.5 Å². The molecule has 0 aromatic heterocycles. The Morgan fingerprint density at radius 2 is 1.78 bits per heavy atom. The SMILES string of the molecule is C=CC(=O)CC(=O)/C=C/c1cccc(-c2ccc(O)cc2)c1C. The van der Waals surface area contributed by atoms with Gasteiger partial charge < -0.3 is 5.11 Å². The topological polar surface area (TPSA) is 54.4 Å². The predicted octanol–water partition coefficient (Wildman–Crippen LogP) is 4.10. The predicted molar refractivity (Wildman–Crippen MR) is 92.1 cm³/mol. The van der Waals surface area contributed by atoms with E-state index in [2.05, 4.69) is 6.58 Å². The second kappa shape index (κ2) is 7.36. The average molecular weight is 306 g/mol. The van der Waals surface area contributed by atoms with Gasteiger partial charge in [-0.1, -0.05) is 43.0 Å². The summed E-state index contributed by atoms with van der Waals surface area (Å²) in [7, 11) is 0. The van der Waals surface area contributed by atoms with E-state index in [-0.39, 0.29) is 23.7 Å². The van der Waals surface area contributed by atoms with Crippen molar-refractivity contribution in [1.82, 2.24) is 0 Å². The molecule has 116 valence electrons. The smallest absolute Gasteiger partial charge is 0.163 e. The van der Waals surface area contributed by atoms with E-state index in [1.807, 2.05) is 37.3 Å². The first-order chi connectivity index (χ1) is 11.0. The molecule has 3 heteroatoms. The number of rotatable bonds is 6. The molecule has 0 bridgehead atoms. The standard InChI is InChI=1S/C20H18O3/c1-3-17(21)13-19(23)12-7-15-5-4-6-20(14(15)2)16-8-10-18(22)11-9-16/h3-12,22H,1,13H2,2H3/b12-7+. The molecule has 0 aliphatic heterocycles. The van der Waals surface area contributed by atoms with E-state index in [4.69, 9.17) is 0 Å². The van der Waals surface area contributed by atoms with Gasteiger partial charge in [0.05, 0.1) is 6.42 Å². The maximum absolute atomic E-state index is 11.7. The summed E-state index contributed by atoms with van der Waals surface area (Å²) in [6, 6.07) is 12.8. The molecule has 0 radical (unpaired) electrons. The third-order valence-corrected chi connectivity index (χ3v) is 3.58. The summed E-state index contributed by atoms with van der Waals surface area (Å²) in [5, 5.41) is 9.38. The van der Waals surface area contributed by atoms with Crippen LogP contribution in [0.5, 0.6) is 5.75 Å². The highest BCUT2D eigenvalue weighted by Gasteiger charge is 2.06. The summed E-state index contributed by atoms with van der Waals surface area (Å²) in [6.45, 7) is 5.33. The van der Waals surface area contributed by atoms with E-state index in [1.165, 1.54) is 6.08 Å². The van der Waals surface area contributed by atoms with E-state index in [0.717, 1.165) is 28.3 Å². The molecule has 2 aromatic rings. The number of phenols is 1. The van der Waals surface area contributed by atoms with Gasteiger partial charge in [-0.25, -0.2) is 0 Å². The number of ketones is 2. The monoisotopic (exact) mass is 306 g/mol. The van der Waals surface area contributed by atoms with Crippen molar-refractivity contribution in [3.8, 4) is 16.9 Å². The van der Waals surface area contributed by atoms with Crippen LogP contribution in [0, 0.1) is 6.92 Å². The normalized spacial score (nSPS) is 10.7. The number of allylic oxidation sites excluding steroid dienone is 2. The fraction of sp³-hybridized carbons (Fsp3) is 0.100. The zero-order valence-corrected chi connectivity index (χ0v) is 13.0. The van der Waals surface area contributed by atoms with E-state index < -0.39 is 0 Å². The minimum atomic E-state index is -0.283. The van der Waals surface area contributed by atoms with E-state index in [0.29, 0.717) is 0 Å². The van der Waals surface area contributed by atoms with Crippen LogP contribution >= 0.6 is 0 Å². The molecule has 0 unspecified atom stereocenters. The molecular weight excluding hydrogens is 288 g/mol. The number of carbonyl (C=O) groups excluding carboxylic acids is 2. The quantitative estimate of drug-likeness (QED) is 0.646. The Morgan fingerprint density at radius 3 is 2.43 bits per heavy atom. The lowest BCUT2D eigenvalue weighted by molar-refractivity contribution is -0.121. The summed E-state index contributed by atoms with van der Waals surface area (Å²) in [6.07, 6.45) is 4.14. The van der Waals surface area contributed by atoms with Crippen LogP contribution < -0.4 is 0 Å². The van der Waals surface area contributed by atoms with Gasteiger partial charge in [-0.2, -0.15) is 0 Å². The second-order valence-electron chi connectivity index (χ2n) is 5.21. The highest BCUT2D eigenvalue weighted by Crippen LogP contribution is 2.27. The first kappa shape index (κ1) is 16.4. The van der Waals surface area contributed by atoms with Crippen LogP contribution in [0.3, 0.4) is 0 Å². The van der Waals surface area contributed by atoms with Crippen molar-refractivity contribution >= 4 is 17.6 Å². The minimum absolute atomic E-state index is 0.156. The molecule has 23 heavy (non-hydrogen) atoms. The Balaban J connectivity index is 2.26. The zero-order chi connectivity index (χ0) is 16.8. The highest BCUT2D eigenvalue weighted by molar-refractivity contribution is 6.09. The van der Waals surface area contributed by atoms with Gasteiger partial charge in [0.15, 0.2) is 11.6 Å². The van der Waals surface area contributed by atoms with Crippen molar-refractivity contribution in [2.75, 3.05) is 0 Å². The molecule has 0 aliphatic rings. The van der Waals surface area contributed by atoms with Gasteiger partial charge in [0.2, 0.25) is 0 Å². The summed E-state index contributed by atoms with van der Waals surface area (Å²) in [5.41, 5.74) is 3.96. The van der Waals surface area contributed by atoms with Gasteiger partial charge in [0.1, 0.15) is 5.75 Å². The second-order valence-corrected chi connectivity index (χ2v) is 5.21. The Hall–Kier alpha value is -2.94. The molecule has 0 saturated heterocycles. The number of hydrogen-bond acceptors (Lipinski definition) is 3. The molecule has 0 amide bonds. The third-order valence-electron chi connectivity index (χ3n) is 3.58. The average Bonchev–Trinajstić information content (AvgIpc) is 2.54. The van der Waals surface area contributed by atoms with E-state index in [1.54, 1.807) is 18.2 Å². The maximum atomic E-state index is 11.7. The van der Waals surface area contributed by atoms with Crippen LogP contribution in [-0.2, 0) is 9.59 Å². The fourth-order valence-corrected chi connectivity index (χ4v) is 2.27. The van der Waals surface area contributed by atoms with Gasteiger partial charge in [0, 0.05) is 0 Å². The lowest BCUT2D eigenvalue weighted by Crippen LogP contribution is -2.01. The molecule has 2 aromatic carbocycles. The molecule has 2 rings (SSSR count). The third kappa shape index (κ3) is 4.27. The van der Waals surface area contributed by atoms with Crippen LogP contribution in [-0.4, -0.2) is 16.7 Å². The summed E-state index contributed by atoms with van der Waals surface area (Å²) in [4.78, 5) is 22.9. The molecule has 0 aliphatic carbocycles. The largest absolute Gasteiger partial charge is 0.508 e. The van der Waals surface area contributed by atoms with Gasteiger partial charge in [0.25, 0.3) is 0 Å². The van der Waals surface area contributed by atoms with Gasteiger partial charge in [-0.3, -0.25) is 9.59 Å². The number of carbonyl (C=O) groups is 2. The molecule has 1 N–H and O–H groups in total. The lowest BCUT2D eigenvalue weighted by atomic mass is 9.96. The molecule has 0 heterocycles. The van der Waals surface area contributed by atoms with Crippen molar-refractivity contribution in [1.29, 1.82) is 0 Å². The molecule has 0 atom stereocenters.